The Morgan fingerprint density at radius 1 is 1.64 bits per heavy atom. The second-order valence-electron chi connectivity index (χ2n) is 1.86. The van der Waals surface area contributed by atoms with E-state index in [1.165, 1.54) is 6.20 Å². The first-order chi connectivity index (χ1) is 5.38. The van der Waals surface area contributed by atoms with Crippen molar-refractivity contribution < 1.29 is 4.79 Å². The van der Waals surface area contributed by atoms with Gasteiger partial charge in [0.15, 0.2) is 6.29 Å². The van der Waals surface area contributed by atoms with Crippen molar-refractivity contribution in [2.75, 3.05) is 0 Å². The minimum atomic E-state index is 0.0607. The fourth-order valence-electron chi connectivity index (χ4n) is 0.666. The highest BCUT2D eigenvalue weighted by Gasteiger charge is 1.95. The zero-order valence-electron chi connectivity index (χ0n) is 5.69. The largest absolute Gasteiger partial charge is 0.763 e. The summed E-state index contributed by atoms with van der Waals surface area (Å²) in [5.41, 5.74) is 0.482. The third kappa shape index (κ3) is 1.60. The van der Waals surface area contributed by atoms with Crippen LogP contribution in [-0.2, 0) is 4.79 Å². The van der Waals surface area contributed by atoms with Gasteiger partial charge in [-0.2, -0.15) is 0 Å². The lowest BCUT2D eigenvalue weighted by Gasteiger charge is -1.94. The minimum Gasteiger partial charge on any atom is -0.763 e. The maximum atomic E-state index is 10.2. The molecule has 1 aromatic heterocycles. The van der Waals surface area contributed by atoms with E-state index in [1.807, 2.05) is 0 Å². The Morgan fingerprint density at radius 2 is 2.45 bits per heavy atom. The number of carbonyl (C=O) groups excluding carboxylic acids is 1. The average molecular weight is 145 g/mol. The smallest absolute Gasteiger partial charge is 0.158 e. The molecule has 0 radical (unpaired) electrons. The SMILES string of the molecule is [N-]=C=C(C=O)c1ccccn1. The maximum absolute atomic E-state index is 10.2. The standard InChI is InChI=1S/C8H5N2O/c9-5-7(6-11)8-3-1-2-4-10-8/h1-4,6H/q-1. The summed E-state index contributed by atoms with van der Waals surface area (Å²) in [7, 11) is 0. The van der Waals surface area contributed by atoms with Crippen molar-refractivity contribution in [2.24, 2.45) is 0 Å². The fourth-order valence-corrected chi connectivity index (χ4v) is 0.666. The molecule has 0 saturated carbocycles. The molecule has 11 heavy (non-hydrogen) atoms. The molecule has 0 atom stereocenters. The predicted molar refractivity (Wildman–Crippen MR) is 42.1 cm³/mol. The summed E-state index contributed by atoms with van der Waals surface area (Å²) in [6.45, 7) is 0. The number of aromatic nitrogens is 1. The molecule has 0 aromatic carbocycles. The Bertz CT molecular complexity index is 299. The number of aldehydes is 1. The van der Waals surface area contributed by atoms with Gasteiger partial charge in [0.2, 0.25) is 0 Å². The zero-order chi connectivity index (χ0) is 8.10. The highest BCUT2D eigenvalue weighted by molar-refractivity contribution is 6.18. The Hall–Kier alpha value is -1.73. The van der Waals surface area contributed by atoms with Crippen molar-refractivity contribution in [2.45, 2.75) is 0 Å². The van der Waals surface area contributed by atoms with Gasteiger partial charge in [0.1, 0.15) is 0 Å². The molecular weight excluding hydrogens is 140 g/mol. The molecule has 0 aliphatic carbocycles. The van der Waals surface area contributed by atoms with Crippen LogP contribution < -0.4 is 0 Å². The molecule has 0 unspecified atom stereocenters. The second-order valence-corrected chi connectivity index (χ2v) is 1.86. The van der Waals surface area contributed by atoms with Crippen LogP contribution in [0, 0.1) is 0 Å². The van der Waals surface area contributed by atoms with Crippen LogP contribution in [0.25, 0.3) is 11.0 Å². The van der Waals surface area contributed by atoms with Gasteiger partial charge in [-0.25, -0.2) is 0 Å². The molecule has 0 bridgehead atoms. The van der Waals surface area contributed by atoms with Gasteiger partial charge < -0.3 is 5.41 Å². The van der Waals surface area contributed by atoms with Crippen molar-refractivity contribution >= 4 is 17.7 Å². The number of hydrogen-bond donors (Lipinski definition) is 0. The van der Waals surface area contributed by atoms with Crippen molar-refractivity contribution in [1.82, 2.24) is 4.98 Å². The molecule has 54 valence electrons. The van der Waals surface area contributed by atoms with Gasteiger partial charge in [0, 0.05) is 6.20 Å². The topological polar surface area (TPSA) is 52.3 Å². The van der Waals surface area contributed by atoms with E-state index in [9.17, 15) is 4.79 Å². The summed E-state index contributed by atoms with van der Waals surface area (Å²) in [5.74, 6) is 1.75. The molecule has 1 rings (SSSR count). The normalized spacial score (nSPS) is 8.36. The van der Waals surface area contributed by atoms with E-state index in [1.54, 1.807) is 24.1 Å². The highest BCUT2D eigenvalue weighted by Crippen LogP contribution is 2.02. The first-order valence-corrected chi connectivity index (χ1v) is 3.02. The van der Waals surface area contributed by atoms with Crippen LogP contribution in [0.15, 0.2) is 24.4 Å². The van der Waals surface area contributed by atoms with E-state index in [2.05, 4.69) is 4.98 Å². The molecule has 0 N–H and O–H groups in total. The summed E-state index contributed by atoms with van der Waals surface area (Å²) in [5, 5.41) is 8.42. The van der Waals surface area contributed by atoms with Gasteiger partial charge in [-0.15, -0.1) is 0 Å². The van der Waals surface area contributed by atoms with Crippen molar-refractivity contribution in [3.05, 3.63) is 35.5 Å². The number of rotatable bonds is 2. The van der Waals surface area contributed by atoms with Crippen molar-refractivity contribution in [3.63, 3.8) is 0 Å². The van der Waals surface area contributed by atoms with E-state index in [-0.39, 0.29) is 5.57 Å². The van der Waals surface area contributed by atoms with Gasteiger partial charge in [-0.3, -0.25) is 15.6 Å². The van der Waals surface area contributed by atoms with E-state index in [0.29, 0.717) is 12.0 Å². The van der Waals surface area contributed by atoms with Crippen LogP contribution in [0.5, 0.6) is 0 Å². The molecule has 1 heterocycles. The number of nitrogens with zero attached hydrogens (tertiary/aromatic N) is 2. The number of pyridine rings is 1. The van der Waals surface area contributed by atoms with E-state index < -0.39 is 0 Å². The first kappa shape index (κ1) is 7.38. The molecular formula is C8H5N2O-. The van der Waals surface area contributed by atoms with Crippen LogP contribution in [-0.4, -0.2) is 17.1 Å². The average Bonchev–Trinajstić information content (AvgIpc) is 2.09. The number of allylic oxidation sites excluding steroid dienone is 1. The van der Waals surface area contributed by atoms with Gasteiger partial charge in [0.25, 0.3) is 0 Å². The van der Waals surface area contributed by atoms with Gasteiger partial charge in [-0.1, -0.05) is 6.07 Å². The monoisotopic (exact) mass is 145 g/mol. The van der Waals surface area contributed by atoms with E-state index >= 15 is 0 Å². The van der Waals surface area contributed by atoms with Crippen molar-refractivity contribution in [3.8, 4) is 0 Å². The molecule has 0 saturated heterocycles. The molecule has 0 spiro atoms. The Kier molecular flexibility index (Phi) is 2.31. The molecule has 0 aliphatic heterocycles. The van der Waals surface area contributed by atoms with Gasteiger partial charge >= 0.3 is 0 Å². The summed E-state index contributed by atoms with van der Waals surface area (Å²) < 4.78 is 0. The lowest BCUT2D eigenvalue weighted by Crippen LogP contribution is -1.88. The molecule has 1 aromatic rings. The second kappa shape index (κ2) is 3.44. The minimum absolute atomic E-state index is 0.0607. The Morgan fingerprint density at radius 3 is 2.91 bits per heavy atom. The van der Waals surface area contributed by atoms with Crippen LogP contribution in [0.3, 0.4) is 0 Å². The van der Waals surface area contributed by atoms with E-state index in [4.69, 9.17) is 5.41 Å². The van der Waals surface area contributed by atoms with Crippen LogP contribution >= 0.6 is 0 Å². The quantitative estimate of drug-likeness (QED) is 0.352. The fraction of sp³-hybridized carbons (Fsp3) is 0. The lowest BCUT2D eigenvalue weighted by atomic mass is 10.2. The van der Waals surface area contributed by atoms with Gasteiger partial charge in [-0.05, 0) is 12.1 Å². The van der Waals surface area contributed by atoms with Crippen LogP contribution in [0.4, 0.5) is 0 Å². The lowest BCUT2D eigenvalue weighted by molar-refractivity contribution is -0.103. The molecule has 0 fully saturated rings. The molecule has 0 amide bonds. The van der Waals surface area contributed by atoms with Crippen LogP contribution in [0.1, 0.15) is 5.69 Å². The number of hydrogen-bond acceptors (Lipinski definition) is 2. The summed E-state index contributed by atoms with van der Waals surface area (Å²) in [6, 6.07) is 5.07. The third-order valence-electron chi connectivity index (χ3n) is 1.18. The summed E-state index contributed by atoms with van der Waals surface area (Å²) >= 11 is 0. The Labute approximate surface area is 63.9 Å². The van der Waals surface area contributed by atoms with Crippen LogP contribution in [0.2, 0.25) is 0 Å². The number of carbonyl (C=O) groups is 1. The maximum Gasteiger partial charge on any atom is 0.158 e. The Balaban J connectivity index is 3.11. The van der Waals surface area contributed by atoms with Gasteiger partial charge in [0.05, 0.1) is 11.3 Å². The molecule has 3 nitrogen and oxygen atoms in total. The highest BCUT2D eigenvalue weighted by atomic mass is 16.1. The molecule has 3 heteroatoms. The third-order valence-corrected chi connectivity index (χ3v) is 1.18. The summed E-state index contributed by atoms with van der Waals surface area (Å²) in [4.78, 5) is 14.1. The summed E-state index contributed by atoms with van der Waals surface area (Å²) in [6.07, 6.45) is 2.04. The van der Waals surface area contributed by atoms with E-state index in [0.717, 1.165) is 0 Å². The zero-order valence-corrected chi connectivity index (χ0v) is 5.69. The first-order valence-electron chi connectivity index (χ1n) is 3.02. The molecule has 0 aliphatic rings. The van der Waals surface area contributed by atoms with Crippen molar-refractivity contribution in [1.29, 1.82) is 0 Å². The predicted octanol–water partition coefficient (Wildman–Crippen LogP) is 0.903.